The van der Waals surface area contributed by atoms with Crippen molar-refractivity contribution in [2.45, 2.75) is 90.5 Å². The number of nitrogens with two attached hydrogens (primary N) is 2. The van der Waals surface area contributed by atoms with Crippen LogP contribution >= 0.6 is 0 Å². The Bertz CT molecular complexity index is 1310. The number of amides is 1. The van der Waals surface area contributed by atoms with Gasteiger partial charge < -0.3 is 30.6 Å². The van der Waals surface area contributed by atoms with E-state index in [1.54, 1.807) is 33.5 Å². The van der Waals surface area contributed by atoms with E-state index in [0.29, 0.717) is 54.3 Å². The number of ether oxygens (including phenoxy) is 3. The van der Waals surface area contributed by atoms with Crippen molar-refractivity contribution in [3.8, 4) is 17.2 Å². The zero-order chi connectivity index (χ0) is 31.5. The molecular formula is C35H52N4O4. The number of carbonyl (C=O) groups is 1. The zero-order valence-electron chi connectivity index (χ0n) is 27.5. The fourth-order valence-corrected chi connectivity index (χ4v) is 6.89. The van der Waals surface area contributed by atoms with Crippen LogP contribution in [0.2, 0.25) is 0 Å². The summed E-state index contributed by atoms with van der Waals surface area (Å²) in [7, 11) is 4.72. The van der Waals surface area contributed by atoms with Gasteiger partial charge in [0.05, 0.1) is 21.3 Å². The van der Waals surface area contributed by atoms with Crippen LogP contribution in [0.15, 0.2) is 29.3 Å². The summed E-state index contributed by atoms with van der Waals surface area (Å²) in [6, 6.07) is 8.28. The molecule has 4 rings (SSSR count). The second-order valence-electron chi connectivity index (χ2n) is 13.8. The molecule has 0 spiro atoms. The number of benzene rings is 2. The van der Waals surface area contributed by atoms with Crippen LogP contribution in [0.3, 0.4) is 0 Å². The van der Waals surface area contributed by atoms with Crippen LogP contribution in [0.5, 0.6) is 17.2 Å². The molecule has 0 aliphatic heterocycles. The first-order valence-electron chi connectivity index (χ1n) is 15.6. The van der Waals surface area contributed by atoms with Crippen molar-refractivity contribution in [2.75, 3.05) is 34.4 Å². The van der Waals surface area contributed by atoms with Gasteiger partial charge in [0.1, 0.15) is 0 Å². The third-order valence-electron chi connectivity index (χ3n) is 9.85. The highest BCUT2D eigenvalue weighted by Crippen LogP contribution is 2.47. The summed E-state index contributed by atoms with van der Waals surface area (Å²) in [6.45, 7) is 13.5. The number of aliphatic imine (C=N–C) groups is 1. The van der Waals surface area contributed by atoms with E-state index in [-0.39, 0.29) is 22.7 Å². The first-order valence-corrected chi connectivity index (χ1v) is 15.6. The number of methoxy groups -OCH3 is 3. The lowest BCUT2D eigenvalue weighted by Crippen LogP contribution is -2.37. The molecule has 0 radical (unpaired) electrons. The molecule has 0 heterocycles. The van der Waals surface area contributed by atoms with Gasteiger partial charge in [0.2, 0.25) is 5.75 Å². The molecule has 0 atom stereocenters. The fraction of sp³-hybridized carbons (Fsp3) is 0.600. The molecule has 4 N–H and O–H groups in total. The first kappa shape index (κ1) is 32.5. The molecule has 1 saturated carbocycles. The van der Waals surface area contributed by atoms with Gasteiger partial charge in [-0.05, 0) is 103 Å². The molecule has 1 amide bonds. The predicted molar refractivity (Wildman–Crippen MR) is 173 cm³/mol. The Morgan fingerprint density at radius 2 is 1.40 bits per heavy atom. The van der Waals surface area contributed by atoms with Crippen LogP contribution in [0.1, 0.15) is 98.8 Å². The van der Waals surface area contributed by atoms with E-state index in [1.807, 2.05) is 4.90 Å². The van der Waals surface area contributed by atoms with Gasteiger partial charge >= 0.3 is 0 Å². The summed E-state index contributed by atoms with van der Waals surface area (Å²) in [5.74, 6) is 2.40. The van der Waals surface area contributed by atoms with Crippen molar-refractivity contribution in [3.05, 3.63) is 52.1 Å². The summed E-state index contributed by atoms with van der Waals surface area (Å²) in [5.41, 5.74) is 17.2. The van der Waals surface area contributed by atoms with Crippen LogP contribution < -0.4 is 25.7 Å². The maximum Gasteiger partial charge on any atom is 0.254 e. The Morgan fingerprint density at radius 3 is 1.91 bits per heavy atom. The van der Waals surface area contributed by atoms with Crippen molar-refractivity contribution in [3.63, 3.8) is 0 Å². The number of hydrogen-bond donors (Lipinski definition) is 2. The molecule has 1 fully saturated rings. The normalized spacial score (nSPS) is 20.5. The van der Waals surface area contributed by atoms with E-state index in [2.05, 4.69) is 51.7 Å². The Balaban J connectivity index is 1.68. The number of aryl methyl sites for hydroxylation is 1. The third-order valence-corrected chi connectivity index (χ3v) is 9.85. The summed E-state index contributed by atoms with van der Waals surface area (Å²) >= 11 is 0. The molecule has 8 heteroatoms. The predicted octanol–water partition coefficient (Wildman–Crippen LogP) is 6.09. The van der Waals surface area contributed by atoms with Crippen LogP contribution in [0, 0.1) is 18.8 Å². The van der Waals surface area contributed by atoms with E-state index >= 15 is 0 Å². The Morgan fingerprint density at radius 1 is 0.860 bits per heavy atom. The van der Waals surface area contributed by atoms with E-state index in [9.17, 15) is 4.79 Å². The zero-order valence-corrected chi connectivity index (χ0v) is 27.5. The second kappa shape index (κ2) is 13.1. The standard InChI is InChI=1S/C35H52N4O4/c1-22-15-27-28(35(4,5)14-13-34(27,2)3)16-26(22)21-39(20-24-11-9-23(10-12-24)19-38-33(36)37)32(40)25-17-29(41-6)31(43-8)30(18-25)42-7/h15-18,23-24H,9-14,19-21H2,1-8H3,(H4,36,37,38). The van der Waals surface area contributed by atoms with Gasteiger partial charge in [-0.3, -0.25) is 9.79 Å². The first-order chi connectivity index (χ1) is 20.3. The van der Waals surface area contributed by atoms with E-state index in [1.165, 1.54) is 28.7 Å². The van der Waals surface area contributed by atoms with Crippen LogP contribution in [-0.2, 0) is 17.4 Å². The van der Waals surface area contributed by atoms with Crippen LogP contribution in [0.4, 0.5) is 0 Å². The summed E-state index contributed by atoms with van der Waals surface area (Å²) in [6.07, 6.45) is 6.49. The molecule has 2 aromatic rings. The van der Waals surface area contributed by atoms with Gasteiger partial charge in [-0.2, -0.15) is 0 Å². The molecular weight excluding hydrogens is 540 g/mol. The smallest absolute Gasteiger partial charge is 0.254 e. The molecule has 43 heavy (non-hydrogen) atoms. The molecule has 2 aliphatic carbocycles. The molecule has 0 bridgehead atoms. The summed E-state index contributed by atoms with van der Waals surface area (Å²) in [5, 5.41) is 0. The van der Waals surface area contributed by atoms with Crippen molar-refractivity contribution < 1.29 is 19.0 Å². The van der Waals surface area contributed by atoms with Crippen LogP contribution in [0.25, 0.3) is 0 Å². The van der Waals surface area contributed by atoms with E-state index in [0.717, 1.165) is 32.1 Å². The molecule has 8 nitrogen and oxygen atoms in total. The fourth-order valence-electron chi connectivity index (χ4n) is 6.89. The second-order valence-corrected chi connectivity index (χ2v) is 13.8. The molecule has 2 aromatic carbocycles. The maximum atomic E-state index is 14.4. The Hall–Kier alpha value is -3.42. The largest absolute Gasteiger partial charge is 0.493 e. The summed E-state index contributed by atoms with van der Waals surface area (Å²) < 4.78 is 16.7. The van der Waals surface area contributed by atoms with Crippen molar-refractivity contribution in [1.82, 2.24) is 4.90 Å². The van der Waals surface area contributed by atoms with Gasteiger partial charge in [-0.25, -0.2) is 0 Å². The average Bonchev–Trinajstić information content (AvgIpc) is 2.98. The lowest BCUT2D eigenvalue weighted by atomic mass is 9.62. The van der Waals surface area contributed by atoms with Gasteiger partial charge in [0.15, 0.2) is 17.5 Å². The van der Waals surface area contributed by atoms with Gasteiger partial charge in [0, 0.05) is 25.2 Å². The molecule has 236 valence electrons. The molecule has 0 saturated heterocycles. The number of carbonyl (C=O) groups excluding carboxylic acids is 1. The third kappa shape index (κ3) is 7.22. The van der Waals surface area contributed by atoms with Gasteiger partial charge in [0.25, 0.3) is 5.91 Å². The SMILES string of the molecule is COc1cc(C(=O)N(Cc2cc3c(cc2C)C(C)(C)CCC3(C)C)CC2CCC(CN=C(N)N)CC2)cc(OC)c1OC. The minimum Gasteiger partial charge on any atom is -0.493 e. The Kier molecular flexibility index (Phi) is 9.87. The van der Waals surface area contributed by atoms with Crippen molar-refractivity contribution in [1.29, 1.82) is 0 Å². The monoisotopic (exact) mass is 592 g/mol. The highest BCUT2D eigenvalue weighted by Gasteiger charge is 2.38. The van der Waals surface area contributed by atoms with Gasteiger partial charge in [-0.1, -0.05) is 39.8 Å². The molecule has 2 aliphatic rings. The minimum absolute atomic E-state index is 0.0430. The minimum atomic E-state index is -0.0430. The Labute approximate surface area is 258 Å². The number of nitrogens with zero attached hydrogens (tertiary/aromatic N) is 2. The topological polar surface area (TPSA) is 112 Å². The quantitative estimate of drug-likeness (QED) is 0.255. The van der Waals surface area contributed by atoms with Gasteiger partial charge in [-0.15, -0.1) is 0 Å². The number of guanidine groups is 1. The average molecular weight is 593 g/mol. The molecule has 0 aromatic heterocycles. The number of fused-ring (bicyclic) bond motifs is 1. The highest BCUT2D eigenvalue weighted by molar-refractivity contribution is 5.95. The lowest BCUT2D eigenvalue weighted by Gasteiger charge is -2.42. The van der Waals surface area contributed by atoms with E-state index < -0.39 is 0 Å². The lowest BCUT2D eigenvalue weighted by molar-refractivity contribution is 0.0690. The maximum absolute atomic E-state index is 14.4. The number of hydrogen-bond acceptors (Lipinski definition) is 5. The summed E-state index contributed by atoms with van der Waals surface area (Å²) in [4.78, 5) is 20.6. The van der Waals surface area contributed by atoms with E-state index in [4.69, 9.17) is 25.7 Å². The van der Waals surface area contributed by atoms with Crippen LogP contribution in [-0.4, -0.2) is 51.2 Å². The van der Waals surface area contributed by atoms with Crippen molar-refractivity contribution >= 4 is 11.9 Å². The molecule has 0 unspecified atom stereocenters. The van der Waals surface area contributed by atoms with Crippen molar-refractivity contribution in [2.24, 2.45) is 28.3 Å². The number of rotatable bonds is 10. The highest BCUT2D eigenvalue weighted by atomic mass is 16.5.